The molecule has 0 aliphatic carbocycles. The molecule has 1 amide bonds. The van der Waals surface area contributed by atoms with Crippen LogP contribution >= 0.6 is 0 Å². The van der Waals surface area contributed by atoms with E-state index in [2.05, 4.69) is 4.98 Å². The normalized spacial score (nSPS) is 16.4. The fourth-order valence-electron chi connectivity index (χ4n) is 3.87. The number of aliphatic hydroxyl groups is 1. The van der Waals surface area contributed by atoms with Gasteiger partial charge in [0.15, 0.2) is 0 Å². The van der Waals surface area contributed by atoms with Crippen molar-refractivity contribution >= 4 is 16.7 Å². The van der Waals surface area contributed by atoms with Gasteiger partial charge in [0.25, 0.3) is 5.91 Å². The van der Waals surface area contributed by atoms with E-state index in [1.165, 1.54) is 0 Å². The van der Waals surface area contributed by atoms with Gasteiger partial charge in [-0.15, -0.1) is 0 Å². The van der Waals surface area contributed by atoms with Gasteiger partial charge >= 0.3 is 0 Å². The number of amides is 1. The standard InChI is InChI=1S/C23H24N2O2/c26-22(14-17-6-2-1-3-7-17)18-10-12-25(13-11-18)23(27)21-15-19-8-4-5-9-20(19)16-24-21/h1-9,15-16,18,22,26H,10-14H2/t22-/m1/s1. The van der Waals surface area contributed by atoms with Crippen molar-refractivity contribution in [1.29, 1.82) is 0 Å². The Labute approximate surface area is 159 Å². The Balaban J connectivity index is 1.37. The summed E-state index contributed by atoms with van der Waals surface area (Å²) >= 11 is 0. The summed E-state index contributed by atoms with van der Waals surface area (Å²) < 4.78 is 0. The van der Waals surface area contributed by atoms with Gasteiger partial charge in [-0.1, -0.05) is 54.6 Å². The van der Waals surface area contributed by atoms with E-state index >= 15 is 0 Å². The maximum Gasteiger partial charge on any atom is 0.272 e. The van der Waals surface area contributed by atoms with Crippen molar-refractivity contribution in [3.05, 3.63) is 78.1 Å². The summed E-state index contributed by atoms with van der Waals surface area (Å²) in [4.78, 5) is 19.0. The third kappa shape index (κ3) is 4.01. The average molecular weight is 360 g/mol. The Bertz CT molecular complexity index is 918. The predicted octanol–water partition coefficient (Wildman–Crippen LogP) is 3.69. The maximum absolute atomic E-state index is 12.8. The van der Waals surface area contributed by atoms with E-state index in [9.17, 15) is 9.90 Å². The van der Waals surface area contributed by atoms with Crippen LogP contribution in [0, 0.1) is 5.92 Å². The van der Waals surface area contributed by atoms with E-state index in [0.29, 0.717) is 25.2 Å². The minimum absolute atomic E-state index is 0.0169. The third-order valence-corrected chi connectivity index (χ3v) is 5.51. The molecule has 4 heteroatoms. The molecule has 1 fully saturated rings. The molecule has 138 valence electrons. The molecule has 0 spiro atoms. The van der Waals surface area contributed by atoms with Crippen LogP contribution in [0.4, 0.5) is 0 Å². The van der Waals surface area contributed by atoms with Crippen LogP contribution in [0.2, 0.25) is 0 Å². The van der Waals surface area contributed by atoms with Crippen molar-refractivity contribution in [3.63, 3.8) is 0 Å². The van der Waals surface area contributed by atoms with Crippen molar-refractivity contribution in [1.82, 2.24) is 9.88 Å². The Kier molecular flexibility index (Phi) is 5.16. The summed E-state index contributed by atoms with van der Waals surface area (Å²) in [6.07, 6.45) is 3.73. The molecule has 0 radical (unpaired) electrons. The maximum atomic E-state index is 12.8. The molecule has 0 saturated carbocycles. The second kappa shape index (κ2) is 7.89. The average Bonchev–Trinajstić information content (AvgIpc) is 2.73. The van der Waals surface area contributed by atoms with Gasteiger partial charge in [-0.2, -0.15) is 0 Å². The lowest BCUT2D eigenvalue weighted by molar-refractivity contribution is 0.0464. The largest absolute Gasteiger partial charge is 0.392 e. The number of benzene rings is 2. The number of hydrogen-bond donors (Lipinski definition) is 1. The molecule has 1 aliphatic rings. The van der Waals surface area contributed by atoms with Crippen molar-refractivity contribution in [2.45, 2.75) is 25.4 Å². The lowest BCUT2D eigenvalue weighted by Gasteiger charge is -2.34. The Morgan fingerprint density at radius 1 is 1.04 bits per heavy atom. The van der Waals surface area contributed by atoms with Crippen molar-refractivity contribution in [3.8, 4) is 0 Å². The first-order valence-corrected chi connectivity index (χ1v) is 9.57. The van der Waals surface area contributed by atoms with E-state index in [1.807, 2.05) is 65.6 Å². The van der Waals surface area contributed by atoms with Crippen LogP contribution in [0.5, 0.6) is 0 Å². The highest BCUT2D eigenvalue weighted by atomic mass is 16.3. The number of aromatic nitrogens is 1. The van der Waals surface area contributed by atoms with Crippen molar-refractivity contribution in [2.75, 3.05) is 13.1 Å². The molecule has 1 atom stereocenters. The van der Waals surface area contributed by atoms with Crippen LogP contribution in [0.25, 0.3) is 10.8 Å². The molecule has 27 heavy (non-hydrogen) atoms. The highest BCUT2D eigenvalue weighted by molar-refractivity contribution is 5.96. The number of aliphatic hydroxyl groups excluding tert-OH is 1. The number of carbonyl (C=O) groups is 1. The number of pyridine rings is 1. The van der Waals surface area contributed by atoms with Crippen molar-refractivity contribution < 1.29 is 9.90 Å². The predicted molar refractivity (Wildman–Crippen MR) is 107 cm³/mol. The molecule has 4 nitrogen and oxygen atoms in total. The van der Waals surface area contributed by atoms with E-state index in [0.717, 1.165) is 29.2 Å². The van der Waals surface area contributed by atoms with E-state index in [4.69, 9.17) is 0 Å². The van der Waals surface area contributed by atoms with Gasteiger partial charge in [0.05, 0.1) is 6.10 Å². The summed E-state index contributed by atoms with van der Waals surface area (Å²) in [7, 11) is 0. The first-order chi connectivity index (χ1) is 13.2. The third-order valence-electron chi connectivity index (χ3n) is 5.51. The second-order valence-electron chi connectivity index (χ2n) is 7.30. The number of rotatable bonds is 4. The van der Waals surface area contributed by atoms with E-state index in [-0.39, 0.29) is 17.9 Å². The minimum atomic E-state index is -0.358. The van der Waals surface area contributed by atoms with Crippen LogP contribution in [-0.4, -0.2) is 40.1 Å². The first kappa shape index (κ1) is 17.7. The molecule has 0 bridgehead atoms. The van der Waals surface area contributed by atoms with Gasteiger partial charge in [-0.05, 0) is 42.2 Å². The number of piperidine rings is 1. The fourth-order valence-corrected chi connectivity index (χ4v) is 3.87. The molecule has 2 heterocycles. The molecular weight excluding hydrogens is 336 g/mol. The summed E-state index contributed by atoms with van der Waals surface area (Å²) in [6, 6.07) is 19.9. The molecule has 2 aromatic carbocycles. The van der Waals surface area contributed by atoms with Crippen molar-refractivity contribution in [2.24, 2.45) is 5.92 Å². The molecular formula is C23H24N2O2. The van der Waals surface area contributed by atoms with Gasteiger partial charge < -0.3 is 10.0 Å². The highest BCUT2D eigenvalue weighted by Gasteiger charge is 2.28. The zero-order chi connectivity index (χ0) is 18.6. The number of hydrogen-bond acceptors (Lipinski definition) is 3. The Morgan fingerprint density at radius 3 is 2.44 bits per heavy atom. The lowest BCUT2D eigenvalue weighted by Crippen LogP contribution is -2.41. The quantitative estimate of drug-likeness (QED) is 0.772. The topological polar surface area (TPSA) is 53.4 Å². The van der Waals surface area contributed by atoms with Gasteiger partial charge in [0, 0.05) is 24.7 Å². The molecule has 0 unspecified atom stereocenters. The van der Waals surface area contributed by atoms with E-state index < -0.39 is 0 Å². The highest BCUT2D eigenvalue weighted by Crippen LogP contribution is 2.24. The van der Waals surface area contributed by atoms with Gasteiger partial charge in [0.2, 0.25) is 0 Å². The number of carbonyl (C=O) groups excluding carboxylic acids is 1. The minimum Gasteiger partial charge on any atom is -0.392 e. The van der Waals surface area contributed by atoms with Crippen LogP contribution in [0.15, 0.2) is 66.9 Å². The van der Waals surface area contributed by atoms with Gasteiger partial charge in [-0.25, -0.2) is 0 Å². The zero-order valence-electron chi connectivity index (χ0n) is 15.3. The number of fused-ring (bicyclic) bond motifs is 1. The zero-order valence-corrected chi connectivity index (χ0v) is 15.3. The second-order valence-corrected chi connectivity index (χ2v) is 7.30. The molecule has 1 aliphatic heterocycles. The SMILES string of the molecule is O=C(c1cc2ccccc2cn1)N1CCC([C@H](O)Cc2ccccc2)CC1. The molecule has 3 aromatic rings. The van der Waals surface area contributed by atoms with Crippen LogP contribution < -0.4 is 0 Å². The smallest absolute Gasteiger partial charge is 0.272 e. The lowest BCUT2D eigenvalue weighted by atomic mass is 9.88. The summed E-state index contributed by atoms with van der Waals surface area (Å²) in [5.74, 6) is 0.218. The summed E-state index contributed by atoms with van der Waals surface area (Å²) in [5, 5.41) is 12.6. The number of likely N-dealkylation sites (tertiary alicyclic amines) is 1. The van der Waals surface area contributed by atoms with Gasteiger partial charge in [-0.3, -0.25) is 9.78 Å². The van der Waals surface area contributed by atoms with E-state index in [1.54, 1.807) is 6.20 Å². The molecule has 1 saturated heterocycles. The Hall–Kier alpha value is -2.72. The molecule has 1 aromatic heterocycles. The number of nitrogens with zero attached hydrogens (tertiary/aromatic N) is 2. The monoisotopic (exact) mass is 360 g/mol. The Morgan fingerprint density at radius 2 is 1.70 bits per heavy atom. The van der Waals surface area contributed by atoms with Crippen LogP contribution in [0.3, 0.4) is 0 Å². The fraction of sp³-hybridized carbons (Fsp3) is 0.304. The summed E-state index contributed by atoms with van der Waals surface area (Å²) in [5.41, 5.74) is 1.65. The van der Waals surface area contributed by atoms with Crippen LogP contribution in [-0.2, 0) is 6.42 Å². The summed E-state index contributed by atoms with van der Waals surface area (Å²) in [6.45, 7) is 1.34. The van der Waals surface area contributed by atoms with Gasteiger partial charge in [0.1, 0.15) is 5.69 Å². The first-order valence-electron chi connectivity index (χ1n) is 9.57. The molecule has 4 rings (SSSR count). The van der Waals surface area contributed by atoms with Crippen LogP contribution in [0.1, 0.15) is 28.9 Å². The molecule has 1 N–H and O–H groups in total.